The zero-order chi connectivity index (χ0) is 30.2. The molecule has 3 aliphatic rings. The number of rotatable bonds is 3. The molecule has 7 nitrogen and oxygen atoms in total. The summed E-state index contributed by atoms with van der Waals surface area (Å²) >= 11 is 7.75. The van der Waals surface area contributed by atoms with Crippen LogP contribution in [0.5, 0.6) is 0 Å². The minimum atomic E-state index is -4.61. The van der Waals surface area contributed by atoms with E-state index in [2.05, 4.69) is 10.3 Å². The summed E-state index contributed by atoms with van der Waals surface area (Å²) in [6.45, 7) is 5.51. The van der Waals surface area contributed by atoms with Crippen LogP contribution in [-0.2, 0) is 19.3 Å². The van der Waals surface area contributed by atoms with Crippen molar-refractivity contribution in [1.29, 1.82) is 0 Å². The Morgan fingerprint density at radius 1 is 1.07 bits per heavy atom. The van der Waals surface area contributed by atoms with Gasteiger partial charge in [0, 0.05) is 69.4 Å². The van der Waals surface area contributed by atoms with Crippen LogP contribution in [0, 0.1) is 0 Å². The average molecular weight is 648 g/mol. The van der Waals surface area contributed by atoms with Gasteiger partial charge in [0.1, 0.15) is 5.82 Å². The lowest BCUT2D eigenvalue weighted by Gasteiger charge is -2.37. The predicted octanol–water partition coefficient (Wildman–Crippen LogP) is 5.77. The topological polar surface area (TPSA) is 70.5 Å². The number of amides is 1. The van der Waals surface area contributed by atoms with Gasteiger partial charge in [0.25, 0.3) is 5.91 Å². The number of aromatic nitrogens is 2. The summed E-state index contributed by atoms with van der Waals surface area (Å²) in [5.74, 6) is 0.519. The molecule has 43 heavy (non-hydrogen) atoms. The lowest BCUT2D eigenvalue weighted by Crippen LogP contribution is -2.55. The predicted molar refractivity (Wildman–Crippen MR) is 165 cm³/mol. The highest BCUT2D eigenvalue weighted by molar-refractivity contribution is 8.18. The normalized spacial score (nSPS) is 24.8. The lowest BCUT2D eigenvalue weighted by atomic mass is 10.1. The number of thiophene rings is 1. The first-order chi connectivity index (χ1) is 20.5. The molecule has 1 saturated heterocycles. The molecule has 1 fully saturated rings. The van der Waals surface area contributed by atoms with E-state index >= 15 is 0 Å². The maximum Gasteiger partial charge on any atom is 0.416 e. The molecule has 3 aliphatic heterocycles. The summed E-state index contributed by atoms with van der Waals surface area (Å²) in [6.07, 6.45) is -4.61. The molecule has 0 radical (unpaired) electrons. The number of carbonyl (C=O) groups excluding carboxylic acids is 1. The Morgan fingerprint density at radius 2 is 1.81 bits per heavy atom. The van der Waals surface area contributed by atoms with Crippen LogP contribution in [0.1, 0.15) is 35.3 Å². The molecule has 226 valence electrons. The van der Waals surface area contributed by atoms with Crippen molar-refractivity contribution in [2.45, 2.75) is 60.3 Å². The summed E-state index contributed by atoms with van der Waals surface area (Å²) in [5.41, 5.74) is 0.657. The first-order valence-electron chi connectivity index (χ1n) is 14.0. The highest BCUT2D eigenvalue weighted by Crippen LogP contribution is 2.54. The Labute approximate surface area is 257 Å². The molecule has 4 aromatic rings. The smallest absolute Gasteiger partial charge is 0.353 e. The van der Waals surface area contributed by atoms with Crippen LogP contribution in [0.4, 0.5) is 19.0 Å². The Balaban J connectivity index is 1.47. The van der Waals surface area contributed by atoms with Crippen LogP contribution < -0.4 is 15.9 Å². The van der Waals surface area contributed by atoms with E-state index in [9.17, 15) is 22.8 Å². The zero-order valence-corrected chi connectivity index (χ0v) is 25.8. The highest BCUT2D eigenvalue weighted by atomic mass is 35.5. The number of benzene rings is 2. The number of fused-ring (bicyclic) bond motifs is 1. The number of nitrogens with one attached hydrogen (secondary N) is 1. The molecule has 2 unspecified atom stereocenters. The zero-order valence-electron chi connectivity index (χ0n) is 23.4. The van der Waals surface area contributed by atoms with Crippen LogP contribution in [0.3, 0.4) is 0 Å². The van der Waals surface area contributed by atoms with Crippen LogP contribution in [0.2, 0.25) is 5.02 Å². The summed E-state index contributed by atoms with van der Waals surface area (Å²) in [5, 5.41) is 6.02. The van der Waals surface area contributed by atoms with Gasteiger partial charge in [0.05, 0.1) is 22.1 Å². The third kappa shape index (κ3) is 5.01. The first kappa shape index (κ1) is 28.7. The molecule has 0 spiro atoms. The van der Waals surface area contributed by atoms with Gasteiger partial charge in [0.2, 0.25) is 0 Å². The van der Waals surface area contributed by atoms with E-state index in [0.717, 1.165) is 15.8 Å². The molecule has 0 saturated carbocycles. The van der Waals surface area contributed by atoms with Gasteiger partial charge in [-0.15, -0.1) is 11.3 Å². The number of hydrogen-bond donors (Lipinski definition) is 2. The maximum absolute atomic E-state index is 14.5. The fourth-order valence-corrected chi connectivity index (χ4v) is 11.2. The molecule has 5 heterocycles. The monoisotopic (exact) mass is 647 g/mol. The van der Waals surface area contributed by atoms with E-state index in [1.165, 1.54) is 22.0 Å². The summed E-state index contributed by atoms with van der Waals surface area (Å²) in [6, 6.07) is 11.2. The Hall–Kier alpha value is -3.06. The van der Waals surface area contributed by atoms with Gasteiger partial charge < -0.3 is 15.1 Å². The third-order valence-corrected chi connectivity index (χ3v) is 12.8. The van der Waals surface area contributed by atoms with Crippen LogP contribution >= 0.6 is 33.8 Å². The van der Waals surface area contributed by atoms with Crippen molar-refractivity contribution < 1.29 is 18.0 Å². The molecule has 0 aliphatic carbocycles. The summed E-state index contributed by atoms with van der Waals surface area (Å²) < 4.78 is 45.9. The van der Waals surface area contributed by atoms with Gasteiger partial charge in [-0.25, -0.2) is 4.79 Å². The van der Waals surface area contributed by atoms with Gasteiger partial charge in [-0.2, -0.15) is 29.1 Å². The molecule has 1 amide bonds. The largest absolute Gasteiger partial charge is 0.416 e. The quantitative estimate of drug-likeness (QED) is 0.276. The molecular formula is C30H29ClF3N5O2S2. The minimum Gasteiger partial charge on any atom is -0.353 e. The van der Waals surface area contributed by atoms with Crippen molar-refractivity contribution in [2.75, 3.05) is 23.7 Å². The van der Waals surface area contributed by atoms with E-state index in [4.69, 9.17) is 11.6 Å². The van der Waals surface area contributed by atoms with Gasteiger partial charge in [0.15, 0.2) is 0 Å². The van der Waals surface area contributed by atoms with Crippen molar-refractivity contribution in [3.8, 4) is 0 Å². The molecule has 13 heteroatoms. The number of piperazine rings is 1. The number of carbonyl (C=O) groups is 1. The second-order valence-electron chi connectivity index (χ2n) is 11.5. The average Bonchev–Trinajstić information content (AvgIpc) is 3.47. The van der Waals surface area contributed by atoms with Crippen LogP contribution in [0.25, 0.3) is 10.9 Å². The molecule has 2 aromatic carbocycles. The Kier molecular flexibility index (Phi) is 7.03. The van der Waals surface area contributed by atoms with Crippen molar-refractivity contribution in [3.63, 3.8) is 0 Å². The number of alkyl halides is 3. The van der Waals surface area contributed by atoms with Gasteiger partial charge in [-0.3, -0.25) is 9.36 Å². The van der Waals surface area contributed by atoms with Gasteiger partial charge in [-0.1, -0.05) is 29.8 Å². The number of hydrogen-bond acceptors (Lipinski definition) is 6. The van der Waals surface area contributed by atoms with Gasteiger partial charge >= 0.3 is 11.9 Å². The molecule has 0 bridgehead atoms. The number of anilines is 1. The van der Waals surface area contributed by atoms with E-state index in [1.54, 1.807) is 22.4 Å². The van der Waals surface area contributed by atoms with Crippen molar-refractivity contribution >= 4 is 56.5 Å². The molecular weight excluding hydrogens is 619 g/mol. The number of nitrogens with zero attached hydrogens (tertiary/aromatic N) is 4. The standard InChI is InChI=1S/C30H29ClF3N5O2S2/c1-16-10-37(11-17(2)35-16)27-23-7-19(30(32,33)34)8-24-26(23)39(29(41)36-27)13-21(15-43(24)25-9-20(31)14-42-25)38-12-18-5-3-4-6-22(18)28(38)40/h3-9,14,16-17,21,35,43H,10-13,15H2,1-2H3/t16-,17+,21?. The minimum absolute atomic E-state index is 0.0570. The van der Waals surface area contributed by atoms with E-state index in [-0.39, 0.29) is 30.4 Å². The van der Waals surface area contributed by atoms with E-state index < -0.39 is 34.4 Å². The number of halogens is 4. The van der Waals surface area contributed by atoms with E-state index in [1.807, 2.05) is 36.9 Å². The third-order valence-electron chi connectivity index (χ3n) is 8.40. The fourth-order valence-electron chi connectivity index (χ4n) is 6.66. The second kappa shape index (κ2) is 10.5. The van der Waals surface area contributed by atoms with Crippen molar-refractivity contribution in [3.05, 3.63) is 80.0 Å². The lowest BCUT2D eigenvalue weighted by molar-refractivity contribution is -0.137. The molecule has 1 N–H and O–H groups in total. The highest BCUT2D eigenvalue weighted by Gasteiger charge is 2.40. The summed E-state index contributed by atoms with van der Waals surface area (Å²) in [4.78, 5) is 36.1. The van der Waals surface area contributed by atoms with Gasteiger partial charge in [-0.05, 0) is 43.7 Å². The first-order valence-corrected chi connectivity index (χ1v) is 16.8. The van der Waals surface area contributed by atoms with Crippen LogP contribution in [-0.4, -0.2) is 57.3 Å². The maximum atomic E-state index is 14.5. The van der Waals surface area contributed by atoms with Crippen LogP contribution in [0.15, 0.2) is 61.7 Å². The fraction of sp³-hybridized carbons (Fsp3) is 0.367. The summed E-state index contributed by atoms with van der Waals surface area (Å²) in [7, 11) is -1.43. The Morgan fingerprint density at radius 3 is 2.49 bits per heavy atom. The van der Waals surface area contributed by atoms with Crippen molar-refractivity contribution in [1.82, 2.24) is 19.8 Å². The molecule has 2 aromatic heterocycles. The van der Waals surface area contributed by atoms with Crippen molar-refractivity contribution in [2.24, 2.45) is 0 Å². The molecule has 7 rings (SSSR count). The second-order valence-corrected chi connectivity index (χ2v) is 15.4. The number of thiol groups is 1. The Bertz CT molecular complexity index is 1820. The SMILES string of the molecule is C[C@@H]1CN(c2nc(=O)n3c4c(cc(C(F)(F)F)cc24)[SH](c2cc(Cl)cs2)CC(N2Cc4ccccc4C2=O)C3)C[C@H](C)N1. The van der Waals surface area contributed by atoms with E-state index in [0.29, 0.717) is 51.8 Å². The molecule has 4 atom stereocenters.